The zero-order valence-corrected chi connectivity index (χ0v) is 11.0. The van der Waals surface area contributed by atoms with E-state index >= 15 is 0 Å². The molecule has 0 aromatic carbocycles. The van der Waals surface area contributed by atoms with Crippen LogP contribution in [0.5, 0.6) is 5.88 Å². The van der Waals surface area contributed by atoms with E-state index in [1.165, 1.54) is 0 Å². The number of nitrogens with zero attached hydrogens (tertiary/aromatic N) is 1. The number of hydrogen-bond donors (Lipinski definition) is 1. The van der Waals surface area contributed by atoms with Crippen molar-refractivity contribution in [2.45, 2.75) is 32.4 Å². The van der Waals surface area contributed by atoms with Gasteiger partial charge in [0.25, 0.3) is 5.91 Å². The lowest BCUT2D eigenvalue weighted by Crippen LogP contribution is -2.28. The van der Waals surface area contributed by atoms with Crippen LogP contribution in [-0.4, -0.2) is 24.0 Å². The SMILES string of the molecule is CCNC(=O)COc1cc(C(F)(F)F)c2c(n1)CCC2. The largest absolute Gasteiger partial charge is 0.468 e. The van der Waals surface area contributed by atoms with Gasteiger partial charge >= 0.3 is 6.18 Å². The number of pyridine rings is 1. The van der Waals surface area contributed by atoms with Crippen LogP contribution >= 0.6 is 0 Å². The highest BCUT2D eigenvalue weighted by Crippen LogP contribution is 2.38. The van der Waals surface area contributed by atoms with Gasteiger partial charge in [-0.2, -0.15) is 13.2 Å². The molecule has 20 heavy (non-hydrogen) atoms. The van der Waals surface area contributed by atoms with Crippen LogP contribution in [0.2, 0.25) is 0 Å². The molecule has 0 fully saturated rings. The van der Waals surface area contributed by atoms with Crippen LogP contribution in [0.15, 0.2) is 6.07 Å². The molecule has 1 aromatic rings. The number of carbonyl (C=O) groups excluding carboxylic acids is 1. The van der Waals surface area contributed by atoms with Crippen molar-refractivity contribution in [2.24, 2.45) is 0 Å². The Balaban J connectivity index is 2.21. The molecule has 0 radical (unpaired) electrons. The highest BCUT2D eigenvalue weighted by atomic mass is 19.4. The van der Waals surface area contributed by atoms with Gasteiger partial charge in [0.15, 0.2) is 6.61 Å². The first-order valence-electron chi connectivity index (χ1n) is 6.41. The predicted molar refractivity (Wildman–Crippen MR) is 65.4 cm³/mol. The summed E-state index contributed by atoms with van der Waals surface area (Å²) < 4.78 is 44.0. The number of carbonyl (C=O) groups is 1. The minimum Gasteiger partial charge on any atom is -0.468 e. The van der Waals surface area contributed by atoms with Gasteiger partial charge < -0.3 is 10.1 Å². The molecule has 110 valence electrons. The smallest absolute Gasteiger partial charge is 0.416 e. The van der Waals surface area contributed by atoms with Gasteiger partial charge in [-0.3, -0.25) is 4.79 Å². The van der Waals surface area contributed by atoms with Crippen LogP contribution in [0.4, 0.5) is 13.2 Å². The molecule has 1 N–H and O–H groups in total. The number of fused-ring (bicyclic) bond motifs is 1. The molecule has 0 aliphatic heterocycles. The number of rotatable bonds is 4. The minimum absolute atomic E-state index is 0.149. The number of halogens is 3. The first kappa shape index (κ1) is 14.6. The summed E-state index contributed by atoms with van der Waals surface area (Å²) in [4.78, 5) is 15.3. The quantitative estimate of drug-likeness (QED) is 0.923. The third-order valence-corrected chi connectivity index (χ3v) is 3.06. The number of amides is 1. The van der Waals surface area contributed by atoms with Crippen LogP contribution in [0.1, 0.15) is 30.2 Å². The molecule has 4 nitrogen and oxygen atoms in total. The molecule has 1 aromatic heterocycles. The van der Waals surface area contributed by atoms with Crippen LogP contribution in [-0.2, 0) is 23.8 Å². The van der Waals surface area contributed by atoms with Gasteiger partial charge in [-0.1, -0.05) is 0 Å². The first-order valence-corrected chi connectivity index (χ1v) is 6.41. The van der Waals surface area contributed by atoms with E-state index in [1.54, 1.807) is 6.92 Å². The number of aryl methyl sites for hydroxylation is 1. The standard InChI is InChI=1S/C13H15F3N2O2/c1-2-17-11(19)7-20-12-6-9(13(14,15)16)8-4-3-5-10(8)18-12/h6H,2-5,7H2,1H3,(H,17,19). The van der Waals surface area contributed by atoms with E-state index in [1.807, 2.05) is 0 Å². The molecule has 0 atom stereocenters. The van der Waals surface area contributed by atoms with Crippen molar-refractivity contribution in [3.05, 3.63) is 22.9 Å². The van der Waals surface area contributed by atoms with Crippen molar-refractivity contribution in [1.82, 2.24) is 10.3 Å². The zero-order valence-electron chi connectivity index (χ0n) is 11.0. The lowest BCUT2D eigenvalue weighted by molar-refractivity contribution is -0.138. The van der Waals surface area contributed by atoms with Gasteiger partial charge in [0, 0.05) is 18.3 Å². The highest BCUT2D eigenvalue weighted by molar-refractivity contribution is 5.77. The molecule has 7 heteroatoms. The van der Waals surface area contributed by atoms with Gasteiger partial charge in [-0.05, 0) is 31.7 Å². The monoisotopic (exact) mass is 288 g/mol. The Labute approximate surface area is 114 Å². The fraction of sp³-hybridized carbons (Fsp3) is 0.538. The number of ether oxygens (including phenoxy) is 1. The number of likely N-dealkylation sites (N-methyl/N-ethyl adjacent to an activating group) is 1. The second kappa shape index (κ2) is 5.68. The second-order valence-corrected chi connectivity index (χ2v) is 4.53. The molecule has 0 saturated carbocycles. The molecule has 2 rings (SSSR count). The van der Waals surface area contributed by atoms with E-state index in [-0.39, 0.29) is 24.0 Å². The second-order valence-electron chi connectivity index (χ2n) is 4.53. The minimum atomic E-state index is -4.43. The average Bonchev–Trinajstić information content (AvgIpc) is 2.82. The normalized spacial score (nSPS) is 14.0. The summed E-state index contributed by atoms with van der Waals surface area (Å²) in [6.45, 7) is 1.85. The Hall–Kier alpha value is -1.79. The van der Waals surface area contributed by atoms with Crippen molar-refractivity contribution in [1.29, 1.82) is 0 Å². The lowest BCUT2D eigenvalue weighted by atomic mass is 10.1. The first-order chi connectivity index (χ1) is 9.41. The van der Waals surface area contributed by atoms with Crippen molar-refractivity contribution < 1.29 is 22.7 Å². The summed E-state index contributed by atoms with van der Waals surface area (Å²) in [5, 5.41) is 2.50. The molecule has 0 saturated heterocycles. The Kier molecular flexibility index (Phi) is 4.15. The van der Waals surface area contributed by atoms with Gasteiger partial charge in [0.1, 0.15) is 0 Å². The summed E-state index contributed by atoms with van der Waals surface area (Å²) in [7, 11) is 0. The van der Waals surface area contributed by atoms with E-state index in [2.05, 4.69) is 10.3 Å². The molecule has 1 heterocycles. The molecule has 1 aliphatic rings. The number of hydrogen-bond acceptors (Lipinski definition) is 3. The Bertz CT molecular complexity index is 515. The van der Waals surface area contributed by atoms with E-state index in [9.17, 15) is 18.0 Å². The maximum atomic E-state index is 13.0. The molecule has 1 aliphatic carbocycles. The van der Waals surface area contributed by atoms with Gasteiger partial charge in [-0.25, -0.2) is 4.98 Å². The van der Waals surface area contributed by atoms with Crippen LogP contribution in [0.25, 0.3) is 0 Å². The number of aromatic nitrogens is 1. The molecule has 1 amide bonds. The maximum Gasteiger partial charge on any atom is 0.416 e. The molecule has 0 spiro atoms. The maximum absolute atomic E-state index is 13.0. The van der Waals surface area contributed by atoms with Crippen molar-refractivity contribution >= 4 is 5.91 Å². The van der Waals surface area contributed by atoms with Crippen LogP contribution < -0.4 is 10.1 Å². The Morgan fingerprint density at radius 3 is 2.85 bits per heavy atom. The van der Waals surface area contributed by atoms with E-state index in [4.69, 9.17) is 4.74 Å². The molecular weight excluding hydrogens is 273 g/mol. The van der Waals surface area contributed by atoms with Crippen LogP contribution in [0, 0.1) is 0 Å². The summed E-state index contributed by atoms with van der Waals surface area (Å²) >= 11 is 0. The van der Waals surface area contributed by atoms with Gasteiger partial charge in [0.2, 0.25) is 5.88 Å². The van der Waals surface area contributed by atoms with E-state index in [0.717, 1.165) is 6.07 Å². The van der Waals surface area contributed by atoms with E-state index in [0.29, 0.717) is 31.5 Å². The zero-order chi connectivity index (χ0) is 14.8. The van der Waals surface area contributed by atoms with Crippen molar-refractivity contribution in [3.8, 4) is 5.88 Å². The van der Waals surface area contributed by atoms with Crippen molar-refractivity contribution in [3.63, 3.8) is 0 Å². The summed E-state index contributed by atoms with van der Waals surface area (Å²) in [6.07, 6.45) is -2.88. The summed E-state index contributed by atoms with van der Waals surface area (Å²) in [5.41, 5.74) is -0.0283. The fourth-order valence-electron chi connectivity index (χ4n) is 2.23. The topological polar surface area (TPSA) is 51.2 Å². The van der Waals surface area contributed by atoms with Gasteiger partial charge in [-0.15, -0.1) is 0 Å². The van der Waals surface area contributed by atoms with E-state index < -0.39 is 11.7 Å². The fourth-order valence-corrected chi connectivity index (χ4v) is 2.23. The van der Waals surface area contributed by atoms with Crippen LogP contribution in [0.3, 0.4) is 0 Å². The summed E-state index contributed by atoms with van der Waals surface area (Å²) in [5.74, 6) is -0.535. The molecular formula is C13H15F3N2O2. The number of alkyl halides is 3. The Morgan fingerprint density at radius 2 is 2.20 bits per heavy atom. The molecule has 0 unspecified atom stereocenters. The predicted octanol–water partition coefficient (Wildman–Crippen LogP) is 2.10. The highest BCUT2D eigenvalue weighted by Gasteiger charge is 2.36. The molecule has 0 bridgehead atoms. The Morgan fingerprint density at radius 1 is 1.45 bits per heavy atom. The summed E-state index contributed by atoms with van der Waals surface area (Å²) in [6, 6.07) is 0.878. The van der Waals surface area contributed by atoms with Crippen molar-refractivity contribution in [2.75, 3.05) is 13.2 Å². The lowest BCUT2D eigenvalue weighted by Gasteiger charge is -2.14. The third kappa shape index (κ3) is 3.20. The average molecular weight is 288 g/mol. The van der Waals surface area contributed by atoms with Gasteiger partial charge in [0.05, 0.1) is 5.56 Å². The number of nitrogens with one attached hydrogen (secondary N) is 1. The third-order valence-electron chi connectivity index (χ3n) is 3.06.